The molecule has 0 aromatic carbocycles. The van der Waals surface area contributed by atoms with E-state index in [0.717, 1.165) is 18.0 Å². The molecule has 1 aromatic rings. The van der Waals surface area contributed by atoms with Crippen molar-refractivity contribution in [2.24, 2.45) is 0 Å². The van der Waals surface area contributed by atoms with Crippen molar-refractivity contribution in [2.45, 2.75) is 13.0 Å². The molecule has 0 aliphatic heterocycles. The first-order chi connectivity index (χ1) is 6.22. The average molecular weight is 216 g/mol. The van der Waals surface area contributed by atoms with Crippen LogP contribution in [0.1, 0.15) is 11.3 Å². The van der Waals surface area contributed by atoms with Crippen LogP contribution in [0.15, 0.2) is 6.20 Å². The van der Waals surface area contributed by atoms with Crippen molar-refractivity contribution < 1.29 is 0 Å². The molecule has 0 saturated heterocycles. The Morgan fingerprint density at radius 2 is 2.54 bits per heavy atom. The van der Waals surface area contributed by atoms with Crippen molar-refractivity contribution in [3.8, 4) is 6.07 Å². The third-order valence-corrected chi connectivity index (χ3v) is 2.66. The number of nitriles is 1. The maximum absolute atomic E-state index is 8.38. The number of hydrogen-bond donors (Lipinski definition) is 0. The van der Waals surface area contributed by atoms with Gasteiger partial charge in [-0.05, 0) is 7.05 Å². The second kappa shape index (κ2) is 5.18. The van der Waals surface area contributed by atoms with Gasteiger partial charge < -0.3 is 4.90 Å². The van der Waals surface area contributed by atoms with Crippen molar-refractivity contribution >= 4 is 22.9 Å². The van der Waals surface area contributed by atoms with Crippen LogP contribution in [-0.4, -0.2) is 23.5 Å². The van der Waals surface area contributed by atoms with Gasteiger partial charge in [0.1, 0.15) is 0 Å². The molecule has 1 heterocycles. The van der Waals surface area contributed by atoms with Gasteiger partial charge in [-0.25, -0.2) is 4.98 Å². The van der Waals surface area contributed by atoms with Crippen LogP contribution in [-0.2, 0) is 6.54 Å². The molecule has 0 aliphatic rings. The topological polar surface area (TPSA) is 39.9 Å². The van der Waals surface area contributed by atoms with E-state index in [1.54, 1.807) is 6.20 Å². The zero-order valence-electron chi connectivity index (χ0n) is 7.33. The molecule has 0 saturated carbocycles. The summed E-state index contributed by atoms with van der Waals surface area (Å²) in [6.45, 7) is 1.60. The second-order valence-electron chi connectivity index (χ2n) is 2.73. The fourth-order valence-corrected chi connectivity index (χ4v) is 2.00. The van der Waals surface area contributed by atoms with E-state index in [9.17, 15) is 0 Å². The Balaban J connectivity index is 2.37. The van der Waals surface area contributed by atoms with E-state index in [2.05, 4.69) is 16.0 Å². The van der Waals surface area contributed by atoms with Crippen molar-refractivity contribution in [1.29, 1.82) is 5.26 Å². The molecule has 13 heavy (non-hydrogen) atoms. The Bertz CT molecular complexity index is 305. The predicted molar refractivity (Wildman–Crippen MR) is 53.7 cm³/mol. The molecule has 5 heteroatoms. The molecule has 1 aromatic heterocycles. The SMILES string of the molecule is CN(CCC#N)Cc1cnc(Cl)s1. The maximum Gasteiger partial charge on any atom is 0.183 e. The molecule has 0 unspecified atom stereocenters. The summed E-state index contributed by atoms with van der Waals surface area (Å²) in [5, 5.41) is 8.38. The van der Waals surface area contributed by atoms with E-state index < -0.39 is 0 Å². The number of halogens is 1. The molecule has 70 valence electrons. The van der Waals surface area contributed by atoms with Gasteiger partial charge in [-0.3, -0.25) is 0 Å². The summed E-state index contributed by atoms with van der Waals surface area (Å²) in [6.07, 6.45) is 2.33. The maximum atomic E-state index is 8.38. The molecular formula is C8H10ClN3S. The molecule has 0 amide bonds. The highest BCUT2D eigenvalue weighted by Crippen LogP contribution is 2.18. The molecule has 0 bridgehead atoms. The quantitative estimate of drug-likeness (QED) is 0.773. The minimum Gasteiger partial charge on any atom is -0.300 e. The second-order valence-corrected chi connectivity index (χ2v) is 4.42. The highest BCUT2D eigenvalue weighted by Gasteiger charge is 2.03. The van der Waals surface area contributed by atoms with Gasteiger partial charge in [0.15, 0.2) is 4.47 Å². The van der Waals surface area contributed by atoms with E-state index in [-0.39, 0.29) is 0 Å². The predicted octanol–water partition coefficient (Wildman–Crippen LogP) is 2.14. The molecule has 0 spiro atoms. The summed E-state index contributed by atoms with van der Waals surface area (Å²) in [4.78, 5) is 7.15. The largest absolute Gasteiger partial charge is 0.300 e. The lowest BCUT2D eigenvalue weighted by atomic mass is 10.4. The van der Waals surface area contributed by atoms with Crippen LogP contribution in [0.5, 0.6) is 0 Å². The Kier molecular flexibility index (Phi) is 4.16. The lowest BCUT2D eigenvalue weighted by molar-refractivity contribution is 0.338. The van der Waals surface area contributed by atoms with Crippen molar-refractivity contribution in [2.75, 3.05) is 13.6 Å². The van der Waals surface area contributed by atoms with Gasteiger partial charge in [-0.1, -0.05) is 11.6 Å². The molecule has 0 fully saturated rings. The van der Waals surface area contributed by atoms with Crippen LogP contribution in [0.25, 0.3) is 0 Å². The third kappa shape index (κ3) is 3.73. The van der Waals surface area contributed by atoms with E-state index in [1.807, 2.05) is 7.05 Å². The van der Waals surface area contributed by atoms with Crippen molar-refractivity contribution in [3.05, 3.63) is 15.5 Å². The lowest BCUT2D eigenvalue weighted by Crippen LogP contribution is -2.17. The van der Waals surface area contributed by atoms with Crippen LogP contribution >= 0.6 is 22.9 Å². The Hall–Kier alpha value is -0.630. The van der Waals surface area contributed by atoms with Crippen LogP contribution in [0.4, 0.5) is 0 Å². The van der Waals surface area contributed by atoms with Crippen LogP contribution in [0, 0.1) is 11.3 Å². The molecule has 0 aliphatic carbocycles. The average Bonchev–Trinajstić information content (AvgIpc) is 2.48. The summed E-state index contributed by atoms with van der Waals surface area (Å²) < 4.78 is 0.573. The van der Waals surface area contributed by atoms with Gasteiger partial charge in [-0.15, -0.1) is 11.3 Å². The zero-order chi connectivity index (χ0) is 9.68. The van der Waals surface area contributed by atoms with Gasteiger partial charge in [-0.2, -0.15) is 5.26 Å². The monoisotopic (exact) mass is 215 g/mol. The highest BCUT2D eigenvalue weighted by atomic mass is 35.5. The van der Waals surface area contributed by atoms with E-state index in [1.165, 1.54) is 11.3 Å². The Morgan fingerprint density at radius 1 is 1.77 bits per heavy atom. The van der Waals surface area contributed by atoms with Crippen LogP contribution in [0.3, 0.4) is 0 Å². The minimum absolute atomic E-state index is 0.559. The summed E-state index contributed by atoms with van der Waals surface area (Å²) in [6, 6.07) is 2.11. The molecule has 0 N–H and O–H groups in total. The zero-order valence-corrected chi connectivity index (χ0v) is 8.90. The lowest BCUT2D eigenvalue weighted by Gasteiger charge is -2.12. The fraction of sp³-hybridized carbons (Fsp3) is 0.500. The number of hydrogen-bond acceptors (Lipinski definition) is 4. The third-order valence-electron chi connectivity index (χ3n) is 1.56. The summed E-state index contributed by atoms with van der Waals surface area (Å²) >= 11 is 7.16. The van der Waals surface area contributed by atoms with Crippen molar-refractivity contribution in [3.63, 3.8) is 0 Å². The summed E-state index contributed by atoms with van der Waals surface area (Å²) in [7, 11) is 1.98. The number of thiazole rings is 1. The van der Waals surface area contributed by atoms with E-state index in [0.29, 0.717) is 10.9 Å². The summed E-state index contributed by atoms with van der Waals surface area (Å²) in [5.41, 5.74) is 0. The summed E-state index contributed by atoms with van der Waals surface area (Å²) in [5.74, 6) is 0. The fourth-order valence-electron chi connectivity index (χ4n) is 0.943. The normalized spacial score (nSPS) is 10.3. The van der Waals surface area contributed by atoms with E-state index >= 15 is 0 Å². The Morgan fingerprint density at radius 3 is 3.08 bits per heavy atom. The van der Waals surface area contributed by atoms with E-state index in [4.69, 9.17) is 16.9 Å². The van der Waals surface area contributed by atoms with Crippen LogP contribution in [0.2, 0.25) is 4.47 Å². The number of rotatable bonds is 4. The first kappa shape index (κ1) is 10.5. The Labute approximate surface area is 86.6 Å². The van der Waals surface area contributed by atoms with Gasteiger partial charge in [0.25, 0.3) is 0 Å². The van der Waals surface area contributed by atoms with Crippen LogP contribution < -0.4 is 0 Å². The first-order valence-electron chi connectivity index (χ1n) is 3.88. The van der Waals surface area contributed by atoms with Gasteiger partial charge >= 0.3 is 0 Å². The minimum atomic E-state index is 0.559. The molecule has 3 nitrogen and oxygen atoms in total. The number of nitrogens with zero attached hydrogens (tertiary/aromatic N) is 3. The van der Waals surface area contributed by atoms with Gasteiger partial charge in [0.2, 0.25) is 0 Å². The smallest absolute Gasteiger partial charge is 0.183 e. The molecule has 0 atom stereocenters. The molecule has 0 radical (unpaired) electrons. The molecular weight excluding hydrogens is 206 g/mol. The van der Waals surface area contributed by atoms with Gasteiger partial charge in [0, 0.05) is 30.6 Å². The first-order valence-corrected chi connectivity index (χ1v) is 5.07. The molecule has 1 rings (SSSR count). The number of aromatic nitrogens is 1. The van der Waals surface area contributed by atoms with Gasteiger partial charge in [0.05, 0.1) is 6.07 Å². The highest BCUT2D eigenvalue weighted by molar-refractivity contribution is 7.15. The van der Waals surface area contributed by atoms with Crippen molar-refractivity contribution in [1.82, 2.24) is 9.88 Å². The standard InChI is InChI=1S/C8H10ClN3S/c1-12(4-2-3-10)6-7-5-11-8(9)13-7/h5H,2,4,6H2,1H3.